The molecule has 3 rings (SSSR count). The van der Waals surface area contributed by atoms with Crippen LogP contribution in [0, 0.1) is 41.1 Å². The molecule has 1 aliphatic rings. The number of benzene rings is 2. The van der Waals surface area contributed by atoms with Gasteiger partial charge >= 0.3 is 0 Å². The molecule has 0 radical (unpaired) electrons. The van der Waals surface area contributed by atoms with Crippen molar-refractivity contribution < 1.29 is 41.7 Å². The van der Waals surface area contributed by atoms with Crippen LogP contribution in [0.2, 0.25) is 5.02 Å². The van der Waals surface area contributed by atoms with Crippen LogP contribution in [0.25, 0.3) is 0 Å². The first-order valence-corrected chi connectivity index (χ1v) is 15.0. The molecule has 4 unspecified atom stereocenters. The van der Waals surface area contributed by atoms with Crippen molar-refractivity contribution in [3.63, 3.8) is 0 Å². The fourth-order valence-electron chi connectivity index (χ4n) is 5.78. The average molecular weight is 606 g/mol. The number of amides is 1. The maximum absolute atomic E-state index is 14.0. The van der Waals surface area contributed by atoms with Gasteiger partial charge in [0.1, 0.15) is 0 Å². The normalized spacial score (nSPS) is 22.5. The van der Waals surface area contributed by atoms with E-state index in [1.165, 1.54) is 12.1 Å². The number of carbonyl (C=O) groups is 1. The molecule has 6 atom stereocenters. The molecule has 1 aliphatic carbocycles. The minimum Gasteiger partial charge on any atom is -0.396 e. The zero-order valence-electron chi connectivity index (χ0n) is 22.5. The molecule has 40 heavy (non-hydrogen) atoms. The third kappa shape index (κ3) is 6.82. The highest BCUT2D eigenvalue weighted by molar-refractivity contribution is 7.92. The van der Waals surface area contributed by atoms with E-state index in [2.05, 4.69) is 5.32 Å². The number of aliphatic hydroxyl groups is 3. The predicted molar refractivity (Wildman–Crippen MR) is 145 cm³/mol. The Morgan fingerprint density at radius 1 is 1.15 bits per heavy atom. The van der Waals surface area contributed by atoms with Gasteiger partial charge in [0.25, 0.3) is 5.91 Å². The molecule has 0 aliphatic heterocycles. The van der Waals surface area contributed by atoms with Gasteiger partial charge in [0, 0.05) is 36.6 Å². The van der Waals surface area contributed by atoms with Gasteiger partial charge < -0.3 is 20.6 Å². The maximum Gasteiger partial charge on any atom is 0.255 e. The molecule has 12 heteroatoms. The van der Waals surface area contributed by atoms with E-state index >= 15 is 0 Å². The smallest absolute Gasteiger partial charge is 0.255 e. The van der Waals surface area contributed by atoms with Crippen LogP contribution in [0.3, 0.4) is 0 Å². The lowest BCUT2D eigenvalue weighted by Gasteiger charge is -2.38. The summed E-state index contributed by atoms with van der Waals surface area (Å²) in [4.78, 5) is 12.5. The van der Waals surface area contributed by atoms with Crippen molar-refractivity contribution in [1.82, 2.24) is 0 Å². The van der Waals surface area contributed by atoms with Crippen LogP contribution < -0.4 is 5.32 Å². The molecule has 0 aromatic heterocycles. The lowest BCUT2D eigenvalue weighted by atomic mass is 9.74. The number of sulfone groups is 1. The summed E-state index contributed by atoms with van der Waals surface area (Å²) in [6, 6.07) is 4.79. The van der Waals surface area contributed by atoms with E-state index in [4.69, 9.17) is 11.6 Å². The maximum atomic E-state index is 14.0. The number of hydrogen-bond donors (Lipinski definition) is 4. The first-order chi connectivity index (χ1) is 18.6. The van der Waals surface area contributed by atoms with E-state index < -0.39 is 55.9 Å². The van der Waals surface area contributed by atoms with Gasteiger partial charge in [-0.25, -0.2) is 21.6 Å². The molecule has 222 valence electrons. The monoisotopic (exact) mass is 605 g/mol. The van der Waals surface area contributed by atoms with Crippen molar-refractivity contribution in [2.45, 2.75) is 62.2 Å². The average Bonchev–Trinajstić information content (AvgIpc) is 3.25. The summed E-state index contributed by atoms with van der Waals surface area (Å²) in [6.45, 7) is 4.77. The predicted octanol–water partition coefficient (Wildman–Crippen LogP) is 4.97. The molecule has 1 fully saturated rings. The van der Waals surface area contributed by atoms with Gasteiger partial charge in [0.05, 0.1) is 20.8 Å². The Bertz CT molecular complexity index is 1320. The molecule has 1 saturated carbocycles. The number of halogens is 4. The summed E-state index contributed by atoms with van der Waals surface area (Å²) >= 11 is 6.30. The number of nitrogens with one attached hydrogen (secondary N) is 1. The first-order valence-electron chi connectivity index (χ1n) is 13.1. The van der Waals surface area contributed by atoms with E-state index in [1.54, 1.807) is 20.8 Å². The standard InChI is InChI=1S/C28H35ClF3NO6S/c1-15-4-5-18(13-28(3,37)16(2)19(14-35)8-9-34)26(15)40(38,39)24-10-17(6-7-21(24)29)27(36)33-20-11-22(30)25(32)23(31)12-20/h6-7,10-12,15-16,18-19,26,34-35,37H,4-5,8-9,13-14H2,1-3H3,(H,33,36)/t15?,16?,18-,19?,26?,28-/m0/s1. The number of carbonyl (C=O) groups excluding carboxylic acids is 1. The fraction of sp³-hybridized carbons (Fsp3) is 0.536. The highest BCUT2D eigenvalue weighted by atomic mass is 35.5. The zero-order chi connectivity index (χ0) is 30.0. The van der Waals surface area contributed by atoms with Gasteiger partial charge in [-0.1, -0.05) is 25.4 Å². The van der Waals surface area contributed by atoms with Crippen LogP contribution in [-0.4, -0.2) is 53.7 Å². The Hall–Kier alpha value is -2.18. The zero-order valence-corrected chi connectivity index (χ0v) is 24.1. The Kier molecular flexibility index (Phi) is 10.3. The summed E-state index contributed by atoms with van der Waals surface area (Å²) in [5, 5.41) is 31.6. The number of aliphatic hydroxyl groups excluding tert-OH is 2. The van der Waals surface area contributed by atoms with Crippen molar-refractivity contribution in [3.05, 3.63) is 58.4 Å². The van der Waals surface area contributed by atoms with Crippen LogP contribution in [0.5, 0.6) is 0 Å². The van der Waals surface area contributed by atoms with Crippen molar-refractivity contribution >= 4 is 33.0 Å². The van der Waals surface area contributed by atoms with E-state index in [-0.39, 0.29) is 59.1 Å². The van der Waals surface area contributed by atoms with E-state index in [1.807, 2.05) is 0 Å². The summed E-state index contributed by atoms with van der Waals surface area (Å²) in [5.74, 6) is -7.11. The van der Waals surface area contributed by atoms with Crippen molar-refractivity contribution in [2.24, 2.45) is 23.7 Å². The van der Waals surface area contributed by atoms with Crippen molar-refractivity contribution in [1.29, 1.82) is 0 Å². The molecule has 0 bridgehead atoms. The van der Waals surface area contributed by atoms with Crippen LogP contribution in [-0.2, 0) is 9.84 Å². The summed E-state index contributed by atoms with van der Waals surface area (Å²) in [6.07, 6.45) is 1.53. The van der Waals surface area contributed by atoms with Gasteiger partial charge in [0.2, 0.25) is 0 Å². The molecule has 0 heterocycles. The van der Waals surface area contributed by atoms with Gasteiger partial charge in [0.15, 0.2) is 27.3 Å². The Balaban J connectivity index is 1.90. The Morgan fingerprint density at radius 3 is 2.35 bits per heavy atom. The van der Waals surface area contributed by atoms with Crippen molar-refractivity contribution in [2.75, 3.05) is 18.5 Å². The Morgan fingerprint density at radius 2 is 1.77 bits per heavy atom. The number of hydrogen-bond acceptors (Lipinski definition) is 6. The lowest BCUT2D eigenvalue weighted by Crippen LogP contribution is -2.43. The second kappa shape index (κ2) is 12.8. The summed E-state index contributed by atoms with van der Waals surface area (Å²) in [5.41, 5.74) is -1.84. The lowest BCUT2D eigenvalue weighted by molar-refractivity contribution is -0.0508. The molecular formula is C28H35ClF3NO6S. The third-order valence-corrected chi connectivity index (χ3v) is 11.2. The van der Waals surface area contributed by atoms with Crippen LogP contribution in [0.4, 0.5) is 18.9 Å². The fourth-order valence-corrected chi connectivity index (χ4v) is 8.63. The topological polar surface area (TPSA) is 124 Å². The second-order valence-electron chi connectivity index (χ2n) is 11.0. The van der Waals surface area contributed by atoms with Crippen LogP contribution in [0.15, 0.2) is 35.2 Å². The summed E-state index contributed by atoms with van der Waals surface area (Å²) in [7, 11) is -4.13. The highest BCUT2D eigenvalue weighted by Crippen LogP contribution is 2.45. The SMILES string of the molecule is CC1CC[C@@H](C[C@](C)(O)C(C)C(CO)CCO)C1S(=O)(=O)c1cc(C(=O)Nc2cc(F)c(F)c(F)c2)ccc1Cl. The van der Waals surface area contributed by atoms with E-state index in [0.717, 1.165) is 6.07 Å². The first kappa shape index (κ1) is 32.3. The highest BCUT2D eigenvalue weighted by Gasteiger charge is 2.47. The van der Waals surface area contributed by atoms with E-state index in [0.29, 0.717) is 25.0 Å². The molecule has 7 nitrogen and oxygen atoms in total. The largest absolute Gasteiger partial charge is 0.396 e. The second-order valence-corrected chi connectivity index (χ2v) is 13.5. The van der Waals surface area contributed by atoms with Crippen LogP contribution >= 0.6 is 11.6 Å². The minimum atomic E-state index is -4.13. The van der Waals surface area contributed by atoms with Crippen LogP contribution in [0.1, 0.15) is 56.8 Å². The molecule has 0 saturated heterocycles. The minimum absolute atomic E-state index is 0.114. The Labute approximate surface area is 237 Å². The van der Waals surface area contributed by atoms with Gasteiger partial charge in [-0.3, -0.25) is 4.79 Å². The summed E-state index contributed by atoms with van der Waals surface area (Å²) < 4.78 is 68.4. The van der Waals surface area contributed by atoms with Gasteiger partial charge in [-0.15, -0.1) is 0 Å². The molecule has 4 N–H and O–H groups in total. The molecule has 2 aromatic rings. The molecule has 0 spiro atoms. The number of rotatable bonds is 11. The van der Waals surface area contributed by atoms with E-state index in [9.17, 15) is 41.7 Å². The molecule has 1 amide bonds. The number of anilines is 1. The van der Waals surface area contributed by atoms with Crippen molar-refractivity contribution in [3.8, 4) is 0 Å². The molecule has 2 aromatic carbocycles. The molecular weight excluding hydrogens is 571 g/mol. The quantitative estimate of drug-likeness (QED) is 0.268. The third-order valence-electron chi connectivity index (χ3n) is 8.22. The van der Waals surface area contributed by atoms with Gasteiger partial charge in [-0.05, 0) is 74.5 Å². The van der Waals surface area contributed by atoms with Gasteiger partial charge in [-0.2, -0.15) is 0 Å².